The molecule has 2 aromatic rings. The average molecular weight is 430 g/mol. The van der Waals surface area contributed by atoms with E-state index in [1.165, 1.54) is 0 Å². The van der Waals surface area contributed by atoms with E-state index in [1.807, 2.05) is 41.4 Å². The SMILES string of the molecule is O=C([C@H]1CC(=O)N(c2ccc(Cl)cc2)C1)N1CCC(CSc2ccccn2)CC1. The Bertz CT molecular complexity index is 854. The van der Waals surface area contributed by atoms with Crippen LogP contribution < -0.4 is 4.90 Å². The van der Waals surface area contributed by atoms with Gasteiger partial charge in [-0.2, -0.15) is 0 Å². The Morgan fingerprint density at radius 1 is 1.14 bits per heavy atom. The van der Waals surface area contributed by atoms with Gasteiger partial charge >= 0.3 is 0 Å². The van der Waals surface area contributed by atoms with E-state index in [9.17, 15) is 9.59 Å². The second-order valence-corrected chi connectivity index (χ2v) is 9.11. The number of piperidine rings is 1. The maximum absolute atomic E-state index is 13.0. The molecule has 2 saturated heterocycles. The summed E-state index contributed by atoms with van der Waals surface area (Å²) >= 11 is 7.72. The first kappa shape index (κ1) is 20.2. The summed E-state index contributed by atoms with van der Waals surface area (Å²) < 4.78 is 0. The number of benzene rings is 1. The van der Waals surface area contributed by atoms with E-state index in [1.54, 1.807) is 28.8 Å². The number of pyridine rings is 1. The summed E-state index contributed by atoms with van der Waals surface area (Å²) in [6.45, 7) is 2.00. The van der Waals surface area contributed by atoms with Gasteiger partial charge in [-0.3, -0.25) is 9.59 Å². The number of carbonyl (C=O) groups is 2. The number of likely N-dealkylation sites (tertiary alicyclic amines) is 1. The van der Waals surface area contributed by atoms with Gasteiger partial charge in [0.2, 0.25) is 11.8 Å². The third kappa shape index (κ3) is 4.93. The van der Waals surface area contributed by atoms with Gasteiger partial charge in [0.25, 0.3) is 0 Å². The molecular formula is C22H24ClN3O2S. The zero-order valence-corrected chi connectivity index (χ0v) is 17.7. The van der Waals surface area contributed by atoms with Gasteiger partial charge in [-0.1, -0.05) is 17.7 Å². The molecule has 2 aliphatic rings. The van der Waals surface area contributed by atoms with Gasteiger partial charge in [-0.05, 0) is 55.2 Å². The van der Waals surface area contributed by atoms with Crippen LogP contribution in [0.4, 0.5) is 5.69 Å². The van der Waals surface area contributed by atoms with Crippen LogP contribution in [0.1, 0.15) is 19.3 Å². The largest absolute Gasteiger partial charge is 0.342 e. The number of nitrogens with zero attached hydrogens (tertiary/aromatic N) is 3. The Morgan fingerprint density at radius 2 is 1.90 bits per heavy atom. The quantitative estimate of drug-likeness (QED) is 0.671. The fraction of sp³-hybridized carbons (Fsp3) is 0.409. The van der Waals surface area contributed by atoms with Gasteiger partial charge in [0.15, 0.2) is 0 Å². The van der Waals surface area contributed by atoms with Gasteiger partial charge in [0, 0.05) is 48.7 Å². The summed E-state index contributed by atoms with van der Waals surface area (Å²) in [4.78, 5) is 33.4. The van der Waals surface area contributed by atoms with Crippen LogP contribution in [0.2, 0.25) is 5.02 Å². The molecule has 0 aliphatic carbocycles. The van der Waals surface area contributed by atoms with E-state index < -0.39 is 0 Å². The van der Waals surface area contributed by atoms with Crippen molar-refractivity contribution in [3.05, 3.63) is 53.7 Å². The van der Waals surface area contributed by atoms with Gasteiger partial charge in [-0.15, -0.1) is 11.8 Å². The molecule has 1 atom stereocenters. The lowest BCUT2D eigenvalue weighted by molar-refractivity contribution is -0.137. The molecule has 4 rings (SSSR count). The normalized spacial score (nSPS) is 20.3. The molecule has 0 saturated carbocycles. The van der Waals surface area contributed by atoms with E-state index in [2.05, 4.69) is 4.98 Å². The summed E-state index contributed by atoms with van der Waals surface area (Å²) in [7, 11) is 0. The van der Waals surface area contributed by atoms with Crippen molar-refractivity contribution in [2.75, 3.05) is 30.3 Å². The number of carbonyl (C=O) groups excluding carboxylic acids is 2. The predicted octanol–water partition coefficient (Wildman–Crippen LogP) is 4.12. The van der Waals surface area contributed by atoms with E-state index >= 15 is 0 Å². The first-order valence-corrected chi connectivity index (χ1v) is 11.3. The molecule has 5 nitrogen and oxygen atoms in total. The maximum atomic E-state index is 13.0. The molecule has 29 heavy (non-hydrogen) atoms. The van der Waals surface area contributed by atoms with Crippen molar-refractivity contribution < 1.29 is 9.59 Å². The molecule has 0 bridgehead atoms. The Kier molecular flexibility index (Phi) is 6.40. The highest BCUT2D eigenvalue weighted by Gasteiger charge is 2.38. The zero-order chi connectivity index (χ0) is 20.2. The van der Waals surface area contributed by atoms with Crippen LogP contribution in [-0.4, -0.2) is 47.1 Å². The molecule has 0 spiro atoms. The zero-order valence-electron chi connectivity index (χ0n) is 16.2. The molecule has 152 valence electrons. The summed E-state index contributed by atoms with van der Waals surface area (Å²) in [6, 6.07) is 13.2. The van der Waals surface area contributed by atoms with Crippen LogP contribution in [0.5, 0.6) is 0 Å². The molecule has 2 amide bonds. The van der Waals surface area contributed by atoms with Crippen molar-refractivity contribution in [1.82, 2.24) is 9.88 Å². The number of thioether (sulfide) groups is 1. The van der Waals surface area contributed by atoms with Gasteiger partial charge < -0.3 is 9.80 Å². The lowest BCUT2D eigenvalue weighted by Gasteiger charge is -2.33. The molecule has 1 aromatic heterocycles. The summed E-state index contributed by atoms with van der Waals surface area (Å²) in [5.74, 6) is 1.50. The molecule has 3 heterocycles. The molecule has 2 aliphatic heterocycles. The molecule has 0 N–H and O–H groups in total. The third-order valence-electron chi connectivity index (χ3n) is 5.64. The minimum Gasteiger partial charge on any atom is -0.342 e. The van der Waals surface area contributed by atoms with Crippen LogP contribution >= 0.6 is 23.4 Å². The number of rotatable bonds is 5. The number of hydrogen-bond acceptors (Lipinski definition) is 4. The van der Waals surface area contributed by atoms with Crippen molar-refractivity contribution in [3.63, 3.8) is 0 Å². The topological polar surface area (TPSA) is 53.5 Å². The number of halogens is 1. The van der Waals surface area contributed by atoms with Crippen LogP contribution in [-0.2, 0) is 9.59 Å². The Hall–Kier alpha value is -2.05. The van der Waals surface area contributed by atoms with Crippen LogP contribution in [0.25, 0.3) is 0 Å². The highest BCUT2D eigenvalue weighted by molar-refractivity contribution is 7.99. The predicted molar refractivity (Wildman–Crippen MR) is 116 cm³/mol. The number of amides is 2. The Morgan fingerprint density at radius 3 is 2.59 bits per heavy atom. The van der Waals surface area contributed by atoms with Crippen molar-refractivity contribution in [2.24, 2.45) is 11.8 Å². The molecule has 0 unspecified atom stereocenters. The van der Waals surface area contributed by atoms with Gasteiger partial charge in [0.05, 0.1) is 10.9 Å². The fourth-order valence-corrected chi connectivity index (χ4v) is 5.13. The first-order chi connectivity index (χ1) is 14.1. The standard InChI is InChI=1S/C22H24ClN3O2S/c23-18-4-6-19(7-5-18)26-14-17(13-21(26)27)22(28)25-11-8-16(9-12-25)15-29-20-3-1-2-10-24-20/h1-7,10,16-17H,8-9,11-15H2/t17-/m0/s1. The van der Waals surface area contributed by atoms with Gasteiger partial charge in [-0.25, -0.2) is 4.98 Å². The molecule has 0 radical (unpaired) electrons. The van der Waals surface area contributed by atoms with Gasteiger partial charge in [0.1, 0.15) is 0 Å². The Labute approximate surface area is 180 Å². The monoisotopic (exact) mass is 429 g/mol. The lowest BCUT2D eigenvalue weighted by atomic mass is 9.97. The number of hydrogen-bond donors (Lipinski definition) is 0. The minimum atomic E-state index is -0.252. The molecular weight excluding hydrogens is 406 g/mol. The first-order valence-electron chi connectivity index (χ1n) is 9.98. The highest BCUT2D eigenvalue weighted by atomic mass is 35.5. The summed E-state index contributed by atoms with van der Waals surface area (Å²) in [5.41, 5.74) is 0.806. The fourth-order valence-electron chi connectivity index (χ4n) is 3.96. The van der Waals surface area contributed by atoms with E-state index in [-0.39, 0.29) is 24.2 Å². The number of aromatic nitrogens is 1. The van der Waals surface area contributed by atoms with E-state index in [0.717, 1.165) is 42.4 Å². The van der Waals surface area contributed by atoms with E-state index in [0.29, 0.717) is 17.5 Å². The summed E-state index contributed by atoms with van der Waals surface area (Å²) in [5, 5.41) is 1.69. The molecule has 2 fully saturated rings. The maximum Gasteiger partial charge on any atom is 0.228 e. The summed E-state index contributed by atoms with van der Waals surface area (Å²) in [6.07, 6.45) is 4.12. The second kappa shape index (κ2) is 9.18. The second-order valence-electron chi connectivity index (χ2n) is 7.63. The van der Waals surface area contributed by atoms with Crippen LogP contribution in [0.3, 0.4) is 0 Å². The Balaban J connectivity index is 1.27. The average Bonchev–Trinajstić information content (AvgIpc) is 3.15. The lowest BCUT2D eigenvalue weighted by Crippen LogP contribution is -2.42. The van der Waals surface area contributed by atoms with Crippen molar-refractivity contribution >= 4 is 40.9 Å². The van der Waals surface area contributed by atoms with Crippen molar-refractivity contribution in [1.29, 1.82) is 0 Å². The molecule has 1 aromatic carbocycles. The van der Waals surface area contributed by atoms with Crippen molar-refractivity contribution in [3.8, 4) is 0 Å². The molecule has 7 heteroatoms. The number of anilines is 1. The minimum absolute atomic E-state index is 0.00678. The van der Waals surface area contributed by atoms with Crippen LogP contribution in [0, 0.1) is 11.8 Å². The van der Waals surface area contributed by atoms with E-state index in [4.69, 9.17) is 11.6 Å². The van der Waals surface area contributed by atoms with Crippen molar-refractivity contribution in [2.45, 2.75) is 24.3 Å². The highest BCUT2D eigenvalue weighted by Crippen LogP contribution is 2.30. The van der Waals surface area contributed by atoms with Crippen LogP contribution in [0.15, 0.2) is 53.7 Å². The smallest absolute Gasteiger partial charge is 0.228 e. The third-order valence-corrected chi connectivity index (χ3v) is 7.07.